The molecule has 0 aliphatic carbocycles. The Morgan fingerprint density at radius 1 is 1.31 bits per heavy atom. The number of aromatic nitrogens is 1. The first-order chi connectivity index (χ1) is 7.54. The SMILES string of the molecule is COc1ccc(C(C)C)c(OCC(F)F)n1. The van der Waals surface area contributed by atoms with Gasteiger partial charge in [0.1, 0.15) is 0 Å². The zero-order chi connectivity index (χ0) is 12.1. The second-order valence-corrected chi connectivity index (χ2v) is 3.60. The van der Waals surface area contributed by atoms with Crippen LogP contribution in [0.15, 0.2) is 12.1 Å². The maximum Gasteiger partial charge on any atom is 0.272 e. The number of pyridine rings is 1. The van der Waals surface area contributed by atoms with Gasteiger partial charge < -0.3 is 9.47 Å². The van der Waals surface area contributed by atoms with E-state index in [0.717, 1.165) is 5.56 Å². The van der Waals surface area contributed by atoms with E-state index < -0.39 is 13.0 Å². The van der Waals surface area contributed by atoms with Gasteiger partial charge in [0.25, 0.3) is 6.43 Å². The highest BCUT2D eigenvalue weighted by atomic mass is 19.3. The zero-order valence-electron chi connectivity index (χ0n) is 9.54. The summed E-state index contributed by atoms with van der Waals surface area (Å²) in [6.07, 6.45) is -2.51. The van der Waals surface area contributed by atoms with Crippen molar-refractivity contribution in [3.63, 3.8) is 0 Å². The van der Waals surface area contributed by atoms with E-state index in [1.54, 1.807) is 12.1 Å². The third-order valence-electron chi connectivity index (χ3n) is 2.04. The van der Waals surface area contributed by atoms with E-state index in [0.29, 0.717) is 5.88 Å². The van der Waals surface area contributed by atoms with Crippen LogP contribution in [0.1, 0.15) is 25.3 Å². The van der Waals surface area contributed by atoms with Crippen LogP contribution in [0.5, 0.6) is 11.8 Å². The maximum absolute atomic E-state index is 12.1. The van der Waals surface area contributed by atoms with E-state index in [9.17, 15) is 8.78 Å². The number of ether oxygens (including phenoxy) is 2. The number of alkyl halides is 2. The molecule has 1 heterocycles. The third-order valence-corrected chi connectivity index (χ3v) is 2.04. The minimum absolute atomic E-state index is 0.158. The molecule has 5 heteroatoms. The van der Waals surface area contributed by atoms with Gasteiger partial charge >= 0.3 is 0 Å². The molecular weight excluding hydrogens is 216 g/mol. The maximum atomic E-state index is 12.1. The Morgan fingerprint density at radius 3 is 2.50 bits per heavy atom. The largest absolute Gasteiger partial charge is 0.481 e. The van der Waals surface area contributed by atoms with Gasteiger partial charge in [0.05, 0.1) is 7.11 Å². The highest BCUT2D eigenvalue weighted by molar-refractivity contribution is 5.33. The van der Waals surface area contributed by atoms with Crippen molar-refractivity contribution in [3.8, 4) is 11.8 Å². The van der Waals surface area contributed by atoms with Gasteiger partial charge in [-0.25, -0.2) is 8.78 Å². The van der Waals surface area contributed by atoms with Crippen molar-refractivity contribution < 1.29 is 18.3 Å². The highest BCUT2D eigenvalue weighted by Gasteiger charge is 2.13. The summed E-state index contributed by atoms with van der Waals surface area (Å²) < 4.78 is 34.0. The highest BCUT2D eigenvalue weighted by Crippen LogP contribution is 2.27. The summed E-state index contributed by atoms with van der Waals surface area (Å²) in [5.74, 6) is 0.731. The van der Waals surface area contributed by atoms with Crippen molar-refractivity contribution in [2.24, 2.45) is 0 Å². The topological polar surface area (TPSA) is 31.4 Å². The van der Waals surface area contributed by atoms with Gasteiger partial charge in [-0.05, 0) is 12.0 Å². The number of hydrogen-bond acceptors (Lipinski definition) is 3. The van der Waals surface area contributed by atoms with Gasteiger partial charge in [-0.15, -0.1) is 0 Å². The van der Waals surface area contributed by atoms with E-state index in [2.05, 4.69) is 4.98 Å². The van der Waals surface area contributed by atoms with E-state index >= 15 is 0 Å². The molecule has 0 amide bonds. The van der Waals surface area contributed by atoms with Crippen LogP contribution >= 0.6 is 0 Å². The average molecular weight is 231 g/mol. The summed E-state index contributed by atoms with van der Waals surface area (Å²) in [6.45, 7) is 3.23. The van der Waals surface area contributed by atoms with Gasteiger partial charge in [-0.1, -0.05) is 13.8 Å². The molecule has 0 atom stereocenters. The van der Waals surface area contributed by atoms with E-state index in [4.69, 9.17) is 9.47 Å². The van der Waals surface area contributed by atoms with Crippen molar-refractivity contribution in [2.45, 2.75) is 26.2 Å². The van der Waals surface area contributed by atoms with Crippen LogP contribution < -0.4 is 9.47 Å². The fraction of sp³-hybridized carbons (Fsp3) is 0.545. The molecule has 3 nitrogen and oxygen atoms in total. The summed E-state index contributed by atoms with van der Waals surface area (Å²) in [4.78, 5) is 4.01. The molecule has 16 heavy (non-hydrogen) atoms. The molecule has 1 aromatic heterocycles. The molecule has 0 spiro atoms. The summed E-state index contributed by atoms with van der Waals surface area (Å²) in [7, 11) is 1.47. The zero-order valence-corrected chi connectivity index (χ0v) is 9.54. The van der Waals surface area contributed by atoms with Crippen molar-refractivity contribution in [2.75, 3.05) is 13.7 Å². The van der Waals surface area contributed by atoms with Gasteiger partial charge in [-0.2, -0.15) is 4.98 Å². The smallest absolute Gasteiger partial charge is 0.272 e. The van der Waals surface area contributed by atoms with Crippen LogP contribution in [0.25, 0.3) is 0 Å². The predicted octanol–water partition coefficient (Wildman–Crippen LogP) is 2.86. The first-order valence-electron chi connectivity index (χ1n) is 5.00. The third kappa shape index (κ3) is 3.32. The minimum atomic E-state index is -2.51. The van der Waals surface area contributed by atoms with E-state index in [-0.39, 0.29) is 11.8 Å². The Morgan fingerprint density at radius 2 is 2.00 bits per heavy atom. The van der Waals surface area contributed by atoms with E-state index in [1.807, 2.05) is 13.8 Å². The second-order valence-electron chi connectivity index (χ2n) is 3.60. The van der Waals surface area contributed by atoms with Crippen LogP contribution in [-0.4, -0.2) is 25.1 Å². The molecule has 1 aromatic rings. The van der Waals surface area contributed by atoms with Crippen molar-refractivity contribution in [1.29, 1.82) is 0 Å². The molecule has 0 bridgehead atoms. The second kappa shape index (κ2) is 5.63. The summed E-state index contributed by atoms with van der Waals surface area (Å²) in [5, 5.41) is 0. The molecule has 0 fully saturated rings. The quantitative estimate of drug-likeness (QED) is 0.780. The lowest BCUT2D eigenvalue weighted by Gasteiger charge is -2.13. The van der Waals surface area contributed by atoms with E-state index in [1.165, 1.54) is 7.11 Å². The fourth-order valence-electron chi connectivity index (χ4n) is 1.24. The van der Waals surface area contributed by atoms with Crippen LogP contribution in [0.4, 0.5) is 8.78 Å². The molecule has 1 rings (SSSR count). The summed E-state index contributed by atoms with van der Waals surface area (Å²) in [6, 6.07) is 3.46. The lowest BCUT2D eigenvalue weighted by molar-refractivity contribution is 0.0785. The van der Waals surface area contributed by atoms with Crippen LogP contribution in [-0.2, 0) is 0 Å². The lowest BCUT2D eigenvalue weighted by Crippen LogP contribution is -2.10. The molecular formula is C11H15F2NO2. The van der Waals surface area contributed by atoms with Crippen molar-refractivity contribution in [1.82, 2.24) is 4.98 Å². The monoisotopic (exact) mass is 231 g/mol. The number of nitrogens with zero attached hydrogens (tertiary/aromatic N) is 1. The Hall–Kier alpha value is -1.39. The normalized spacial score (nSPS) is 10.9. The van der Waals surface area contributed by atoms with Gasteiger partial charge in [0, 0.05) is 11.6 Å². The number of methoxy groups -OCH3 is 1. The molecule has 0 radical (unpaired) electrons. The molecule has 0 unspecified atom stereocenters. The Labute approximate surface area is 93.4 Å². The Bertz CT molecular complexity index is 343. The standard InChI is InChI=1S/C11H15F2NO2/c1-7(2)8-4-5-10(15-3)14-11(8)16-6-9(12)13/h4-5,7,9H,6H2,1-3H3. The average Bonchev–Trinajstić information content (AvgIpc) is 2.25. The Balaban J connectivity index is 2.91. The van der Waals surface area contributed by atoms with Crippen molar-refractivity contribution in [3.05, 3.63) is 17.7 Å². The minimum Gasteiger partial charge on any atom is -0.481 e. The predicted molar refractivity (Wildman–Crippen MR) is 56.4 cm³/mol. The number of halogens is 2. The van der Waals surface area contributed by atoms with Crippen LogP contribution in [0, 0.1) is 0 Å². The first kappa shape index (κ1) is 12.7. The van der Waals surface area contributed by atoms with Gasteiger partial charge in [0.2, 0.25) is 11.8 Å². The lowest BCUT2D eigenvalue weighted by atomic mass is 10.1. The van der Waals surface area contributed by atoms with Gasteiger partial charge in [0.15, 0.2) is 6.61 Å². The Kier molecular flexibility index (Phi) is 4.46. The van der Waals surface area contributed by atoms with Crippen LogP contribution in [0.3, 0.4) is 0 Å². The molecule has 90 valence electrons. The summed E-state index contributed by atoms with van der Waals surface area (Å²) >= 11 is 0. The molecule has 0 saturated carbocycles. The van der Waals surface area contributed by atoms with Gasteiger partial charge in [-0.3, -0.25) is 0 Å². The molecule has 0 aliphatic rings. The van der Waals surface area contributed by atoms with Crippen LogP contribution in [0.2, 0.25) is 0 Å². The molecule has 0 N–H and O–H groups in total. The van der Waals surface area contributed by atoms with Crippen molar-refractivity contribution >= 4 is 0 Å². The summed E-state index contributed by atoms with van der Waals surface area (Å²) in [5.41, 5.74) is 0.793. The molecule has 0 aliphatic heterocycles. The molecule has 0 saturated heterocycles. The fourth-order valence-corrected chi connectivity index (χ4v) is 1.24. The number of hydrogen-bond donors (Lipinski definition) is 0. The molecule has 0 aromatic carbocycles. The number of rotatable bonds is 5. The first-order valence-corrected chi connectivity index (χ1v) is 5.00.